The Morgan fingerprint density at radius 3 is 2.41 bits per heavy atom. The highest BCUT2D eigenvalue weighted by molar-refractivity contribution is 6.01. The number of carbonyl (C=O) groups is 2. The first-order chi connectivity index (χ1) is 10.5. The number of benzene rings is 2. The van der Waals surface area contributed by atoms with Crippen LogP contribution in [0.2, 0.25) is 0 Å². The van der Waals surface area contributed by atoms with Crippen LogP contribution in [-0.4, -0.2) is 19.0 Å². The van der Waals surface area contributed by atoms with Gasteiger partial charge in [0.2, 0.25) is 5.91 Å². The molecule has 0 bridgehead atoms. The Labute approximate surface area is 125 Å². The van der Waals surface area contributed by atoms with Gasteiger partial charge in [0.05, 0.1) is 19.2 Å². The first-order valence-electron chi connectivity index (χ1n) is 6.42. The van der Waals surface area contributed by atoms with Gasteiger partial charge in [0.1, 0.15) is 17.2 Å². The van der Waals surface area contributed by atoms with E-state index in [0.29, 0.717) is 5.56 Å². The SMILES string of the molecule is COC(=O)c1c(F)cccc1NC(=O)Cc1ccc(F)cc1. The van der Waals surface area contributed by atoms with Crippen LogP contribution in [0.15, 0.2) is 42.5 Å². The van der Waals surface area contributed by atoms with E-state index in [4.69, 9.17) is 0 Å². The van der Waals surface area contributed by atoms with Crippen molar-refractivity contribution >= 4 is 17.6 Å². The maximum absolute atomic E-state index is 13.7. The van der Waals surface area contributed by atoms with E-state index in [-0.39, 0.29) is 17.7 Å². The van der Waals surface area contributed by atoms with E-state index in [1.807, 2.05) is 0 Å². The molecule has 0 atom stereocenters. The normalized spacial score (nSPS) is 10.1. The van der Waals surface area contributed by atoms with E-state index >= 15 is 0 Å². The maximum Gasteiger partial charge on any atom is 0.342 e. The van der Waals surface area contributed by atoms with Crippen molar-refractivity contribution in [2.75, 3.05) is 12.4 Å². The molecule has 0 heterocycles. The summed E-state index contributed by atoms with van der Waals surface area (Å²) < 4.78 is 31.0. The van der Waals surface area contributed by atoms with E-state index in [0.717, 1.165) is 13.2 Å². The number of rotatable bonds is 4. The monoisotopic (exact) mass is 305 g/mol. The topological polar surface area (TPSA) is 55.4 Å². The van der Waals surface area contributed by atoms with Crippen LogP contribution in [-0.2, 0) is 16.0 Å². The molecule has 0 radical (unpaired) electrons. The van der Waals surface area contributed by atoms with E-state index < -0.39 is 23.5 Å². The number of nitrogens with one attached hydrogen (secondary N) is 1. The summed E-state index contributed by atoms with van der Waals surface area (Å²) in [4.78, 5) is 23.5. The number of amides is 1. The maximum atomic E-state index is 13.7. The van der Waals surface area contributed by atoms with Crippen LogP contribution >= 0.6 is 0 Å². The molecular weight excluding hydrogens is 292 g/mol. The van der Waals surface area contributed by atoms with Crippen LogP contribution in [0.1, 0.15) is 15.9 Å². The highest BCUT2D eigenvalue weighted by Crippen LogP contribution is 2.20. The van der Waals surface area contributed by atoms with Crippen molar-refractivity contribution in [3.63, 3.8) is 0 Å². The Balaban J connectivity index is 2.16. The molecule has 1 amide bonds. The summed E-state index contributed by atoms with van der Waals surface area (Å²) in [7, 11) is 1.12. The lowest BCUT2D eigenvalue weighted by atomic mass is 10.1. The molecule has 0 aliphatic heterocycles. The van der Waals surface area contributed by atoms with Gasteiger partial charge in [-0.2, -0.15) is 0 Å². The highest BCUT2D eigenvalue weighted by atomic mass is 19.1. The Hall–Kier alpha value is -2.76. The largest absolute Gasteiger partial charge is 0.465 e. The minimum Gasteiger partial charge on any atom is -0.465 e. The molecular formula is C16H13F2NO3. The second kappa shape index (κ2) is 6.80. The number of methoxy groups -OCH3 is 1. The van der Waals surface area contributed by atoms with Crippen LogP contribution in [0.25, 0.3) is 0 Å². The van der Waals surface area contributed by atoms with Gasteiger partial charge in [0.25, 0.3) is 0 Å². The number of carbonyl (C=O) groups excluding carboxylic acids is 2. The molecule has 4 nitrogen and oxygen atoms in total. The second-order valence-electron chi connectivity index (χ2n) is 4.51. The molecule has 6 heteroatoms. The van der Waals surface area contributed by atoms with Crippen molar-refractivity contribution in [2.24, 2.45) is 0 Å². The van der Waals surface area contributed by atoms with E-state index in [1.54, 1.807) is 0 Å². The van der Waals surface area contributed by atoms with Crippen molar-refractivity contribution in [2.45, 2.75) is 6.42 Å². The fraction of sp³-hybridized carbons (Fsp3) is 0.125. The van der Waals surface area contributed by atoms with Crippen molar-refractivity contribution in [1.82, 2.24) is 0 Å². The van der Waals surface area contributed by atoms with E-state index in [1.165, 1.54) is 36.4 Å². The Morgan fingerprint density at radius 2 is 1.77 bits per heavy atom. The summed E-state index contributed by atoms with van der Waals surface area (Å²) in [5.41, 5.74) is 0.284. The van der Waals surface area contributed by atoms with Crippen LogP contribution in [0.4, 0.5) is 14.5 Å². The molecule has 0 saturated heterocycles. The average molecular weight is 305 g/mol. The van der Waals surface area contributed by atoms with Gasteiger partial charge >= 0.3 is 5.97 Å². The molecule has 0 unspecified atom stereocenters. The highest BCUT2D eigenvalue weighted by Gasteiger charge is 2.18. The standard InChI is InChI=1S/C16H13F2NO3/c1-22-16(21)15-12(18)3-2-4-13(15)19-14(20)9-10-5-7-11(17)8-6-10/h2-8H,9H2,1H3,(H,19,20). The van der Waals surface area contributed by atoms with Crippen LogP contribution in [0.3, 0.4) is 0 Å². The predicted octanol–water partition coefficient (Wildman–Crippen LogP) is 2.93. The predicted molar refractivity (Wildman–Crippen MR) is 76.5 cm³/mol. The number of esters is 1. The lowest BCUT2D eigenvalue weighted by molar-refractivity contribution is -0.115. The lowest BCUT2D eigenvalue weighted by Gasteiger charge is -2.10. The number of hydrogen-bond donors (Lipinski definition) is 1. The van der Waals surface area contributed by atoms with Crippen molar-refractivity contribution in [3.05, 3.63) is 65.2 Å². The minimum atomic E-state index is -0.879. The molecule has 2 rings (SSSR count). The first-order valence-corrected chi connectivity index (χ1v) is 6.42. The zero-order valence-corrected chi connectivity index (χ0v) is 11.7. The zero-order chi connectivity index (χ0) is 16.1. The molecule has 1 N–H and O–H groups in total. The van der Waals surface area contributed by atoms with Gasteiger partial charge in [-0.1, -0.05) is 18.2 Å². The summed E-state index contributed by atoms with van der Waals surface area (Å²) >= 11 is 0. The summed E-state index contributed by atoms with van der Waals surface area (Å²) in [6.45, 7) is 0. The average Bonchev–Trinajstić information content (AvgIpc) is 2.49. The number of ether oxygens (including phenoxy) is 1. The van der Waals surface area contributed by atoms with Crippen LogP contribution in [0.5, 0.6) is 0 Å². The van der Waals surface area contributed by atoms with E-state index in [2.05, 4.69) is 10.1 Å². The smallest absolute Gasteiger partial charge is 0.342 e. The fourth-order valence-electron chi connectivity index (χ4n) is 1.92. The summed E-state index contributed by atoms with van der Waals surface area (Å²) in [5, 5.41) is 2.46. The molecule has 0 aromatic heterocycles. The molecule has 2 aromatic carbocycles. The third kappa shape index (κ3) is 3.66. The number of halogens is 2. The van der Waals surface area contributed by atoms with Gasteiger partial charge in [-0.3, -0.25) is 4.79 Å². The molecule has 0 aliphatic rings. The Bertz CT molecular complexity index is 699. The molecule has 0 saturated carbocycles. The van der Waals surface area contributed by atoms with Gasteiger partial charge in [-0.05, 0) is 29.8 Å². The first kappa shape index (κ1) is 15.6. The van der Waals surface area contributed by atoms with Crippen LogP contribution < -0.4 is 5.32 Å². The third-order valence-corrected chi connectivity index (χ3v) is 2.96. The fourth-order valence-corrected chi connectivity index (χ4v) is 1.92. The van der Waals surface area contributed by atoms with Crippen molar-refractivity contribution in [1.29, 1.82) is 0 Å². The minimum absolute atomic E-state index is 0.0268. The zero-order valence-electron chi connectivity index (χ0n) is 11.7. The van der Waals surface area contributed by atoms with Crippen molar-refractivity contribution in [3.8, 4) is 0 Å². The number of hydrogen-bond acceptors (Lipinski definition) is 3. The van der Waals surface area contributed by atoms with Crippen molar-refractivity contribution < 1.29 is 23.1 Å². The molecule has 0 fully saturated rings. The van der Waals surface area contributed by atoms with Gasteiger partial charge in [0, 0.05) is 0 Å². The summed E-state index contributed by atoms with van der Waals surface area (Å²) in [6.07, 6.45) is -0.0304. The molecule has 22 heavy (non-hydrogen) atoms. The van der Waals surface area contributed by atoms with Gasteiger partial charge < -0.3 is 10.1 Å². The summed E-state index contributed by atoms with van der Waals surface area (Å²) in [5.74, 6) is -2.52. The van der Waals surface area contributed by atoms with Gasteiger partial charge in [-0.25, -0.2) is 13.6 Å². The Kier molecular flexibility index (Phi) is 4.83. The second-order valence-corrected chi connectivity index (χ2v) is 4.51. The quantitative estimate of drug-likeness (QED) is 0.884. The van der Waals surface area contributed by atoms with Crippen LogP contribution in [0, 0.1) is 11.6 Å². The third-order valence-electron chi connectivity index (χ3n) is 2.96. The number of anilines is 1. The summed E-state index contributed by atoms with van der Waals surface area (Å²) in [6, 6.07) is 9.30. The van der Waals surface area contributed by atoms with Gasteiger partial charge in [0.15, 0.2) is 0 Å². The van der Waals surface area contributed by atoms with E-state index in [9.17, 15) is 18.4 Å². The lowest BCUT2D eigenvalue weighted by Crippen LogP contribution is -2.18. The van der Waals surface area contributed by atoms with Gasteiger partial charge in [-0.15, -0.1) is 0 Å². The molecule has 114 valence electrons. The molecule has 0 spiro atoms. The Morgan fingerprint density at radius 1 is 1.09 bits per heavy atom. The molecule has 2 aromatic rings. The molecule has 0 aliphatic carbocycles.